The average Bonchev–Trinajstić information content (AvgIpc) is 2.38. The summed E-state index contributed by atoms with van der Waals surface area (Å²) in [5, 5.41) is 22.5. The highest BCUT2D eigenvalue weighted by molar-refractivity contribution is 6.35. The lowest BCUT2D eigenvalue weighted by Crippen LogP contribution is -2.28. The number of carbonyl (C=O) groups excluding carboxylic acids is 1. The molecule has 0 aliphatic rings. The molecular weight excluding hydrogens is 288 g/mol. The second kappa shape index (κ2) is 7.78. The quantitative estimate of drug-likeness (QED) is 0.585. The number of ether oxygens (including phenoxy) is 1. The van der Waals surface area contributed by atoms with E-state index in [0.29, 0.717) is 6.42 Å². The number of benzene rings is 1. The fourth-order valence-electron chi connectivity index (χ4n) is 1.56. The van der Waals surface area contributed by atoms with E-state index in [9.17, 15) is 20.0 Å². The summed E-state index contributed by atoms with van der Waals surface area (Å²) in [4.78, 5) is 21.9. The third kappa shape index (κ3) is 4.44. The molecule has 7 nitrogen and oxygen atoms in total. The van der Waals surface area contributed by atoms with Crippen molar-refractivity contribution in [3.05, 3.63) is 38.9 Å². The number of carbonyl (C=O) groups is 1. The van der Waals surface area contributed by atoms with Gasteiger partial charge in [-0.1, -0.05) is 17.7 Å². The molecule has 0 bridgehead atoms. The number of aliphatic hydroxyl groups excluding tert-OH is 1. The van der Waals surface area contributed by atoms with Gasteiger partial charge in [-0.15, -0.1) is 0 Å². The molecule has 0 heterocycles. The minimum absolute atomic E-state index is 0.0297. The average molecular weight is 303 g/mol. The summed E-state index contributed by atoms with van der Waals surface area (Å²) in [5.41, 5.74) is -0.291. The number of nitrogens with zero attached hydrogens (tertiary/aromatic N) is 1. The van der Waals surface area contributed by atoms with Crippen molar-refractivity contribution in [2.24, 2.45) is 0 Å². The van der Waals surface area contributed by atoms with E-state index in [2.05, 4.69) is 5.32 Å². The highest BCUT2D eigenvalue weighted by atomic mass is 35.5. The van der Waals surface area contributed by atoms with E-state index in [1.807, 2.05) is 0 Å². The first-order valence-corrected chi connectivity index (χ1v) is 6.23. The molecule has 0 saturated carbocycles. The molecular formula is C12H15ClN2O5. The van der Waals surface area contributed by atoms with Gasteiger partial charge < -0.3 is 15.2 Å². The Hall–Kier alpha value is -1.70. The number of nitro benzene ring substituents is 1. The zero-order chi connectivity index (χ0) is 15.1. The van der Waals surface area contributed by atoms with E-state index in [1.165, 1.54) is 25.3 Å². The number of methoxy groups -OCH3 is 1. The minimum Gasteiger partial charge on any atom is -0.391 e. The van der Waals surface area contributed by atoms with E-state index in [-0.39, 0.29) is 29.4 Å². The Bertz CT molecular complexity index is 495. The van der Waals surface area contributed by atoms with Gasteiger partial charge in [-0.2, -0.15) is 0 Å². The number of hydrogen-bond acceptors (Lipinski definition) is 5. The first-order chi connectivity index (χ1) is 9.47. The van der Waals surface area contributed by atoms with Crippen LogP contribution in [0.1, 0.15) is 16.8 Å². The molecule has 1 amide bonds. The number of amides is 1. The Kier molecular flexibility index (Phi) is 6.37. The summed E-state index contributed by atoms with van der Waals surface area (Å²) in [7, 11) is 1.46. The van der Waals surface area contributed by atoms with Crippen LogP contribution in [0.3, 0.4) is 0 Å². The Labute approximate surface area is 120 Å². The summed E-state index contributed by atoms with van der Waals surface area (Å²) in [6, 6.07) is 4.01. The smallest absolute Gasteiger partial charge is 0.288 e. The van der Waals surface area contributed by atoms with E-state index >= 15 is 0 Å². The highest BCUT2D eigenvalue weighted by Crippen LogP contribution is 2.27. The molecule has 110 valence electrons. The molecule has 0 aromatic heterocycles. The first kappa shape index (κ1) is 16.4. The van der Waals surface area contributed by atoms with Gasteiger partial charge in [-0.3, -0.25) is 14.9 Å². The lowest BCUT2D eigenvalue weighted by molar-refractivity contribution is -0.384. The summed E-state index contributed by atoms with van der Waals surface area (Å²) in [5.74, 6) is -0.525. The van der Waals surface area contributed by atoms with Crippen LogP contribution in [0.5, 0.6) is 0 Å². The molecule has 1 rings (SSSR count). The fraction of sp³-hybridized carbons (Fsp3) is 0.417. The zero-order valence-corrected chi connectivity index (χ0v) is 11.6. The van der Waals surface area contributed by atoms with Gasteiger partial charge in [0.25, 0.3) is 11.6 Å². The molecule has 0 aliphatic heterocycles. The molecule has 20 heavy (non-hydrogen) atoms. The molecule has 8 heteroatoms. The van der Waals surface area contributed by atoms with Crippen molar-refractivity contribution in [3.8, 4) is 0 Å². The second-order valence-corrected chi connectivity index (χ2v) is 4.43. The minimum atomic E-state index is -0.680. The van der Waals surface area contributed by atoms with Crippen molar-refractivity contribution in [1.29, 1.82) is 0 Å². The number of nitrogens with one attached hydrogen (secondary N) is 1. The van der Waals surface area contributed by atoms with Crippen LogP contribution in [-0.4, -0.2) is 42.3 Å². The van der Waals surface area contributed by atoms with Gasteiger partial charge in [-0.25, -0.2) is 0 Å². The van der Waals surface area contributed by atoms with Crippen molar-refractivity contribution in [3.63, 3.8) is 0 Å². The number of aliphatic hydroxyl groups is 1. The van der Waals surface area contributed by atoms with Gasteiger partial charge in [0, 0.05) is 19.7 Å². The molecule has 1 aromatic rings. The first-order valence-electron chi connectivity index (χ1n) is 5.85. The van der Waals surface area contributed by atoms with Crippen molar-refractivity contribution in [2.75, 3.05) is 20.3 Å². The second-order valence-electron chi connectivity index (χ2n) is 4.05. The predicted octanol–water partition coefficient (Wildman–Crippen LogP) is 1.38. The van der Waals surface area contributed by atoms with E-state index in [4.69, 9.17) is 16.3 Å². The number of hydrogen-bond donors (Lipinski definition) is 2. The maximum absolute atomic E-state index is 11.8. The van der Waals surface area contributed by atoms with E-state index in [1.54, 1.807) is 0 Å². The molecule has 2 N–H and O–H groups in total. The normalized spacial score (nSPS) is 11.9. The maximum Gasteiger partial charge on any atom is 0.288 e. The Balaban J connectivity index is 2.64. The molecule has 0 fully saturated rings. The molecule has 0 aliphatic carbocycles. The van der Waals surface area contributed by atoms with Crippen LogP contribution in [0.25, 0.3) is 0 Å². The van der Waals surface area contributed by atoms with Crippen LogP contribution in [0.2, 0.25) is 5.02 Å². The Morgan fingerprint density at radius 3 is 2.90 bits per heavy atom. The van der Waals surface area contributed by atoms with Crippen LogP contribution in [0.15, 0.2) is 18.2 Å². The molecule has 0 saturated heterocycles. The van der Waals surface area contributed by atoms with Gasteiger partial charge >= 0.3 is 0 Å². The third-order valence-corrected chi connectivity index (χ3v) is 2.94. The predicted molar refractivity (Wildman–Crippen MR) is 72.9 cm³/mol. The molecule has 0 spiro atoms. The Morgan fingerprint density at radius 2 is 2.30 bits per heavy atom. The van der Waals surface area contributed by atoms with Crippen molar-refractivity contribution in [2.45, 2.75) is 12.5 Å². The van der Waals surface area contributed by atoms with Gasteiger partial charge in [0.2, 0.25) is 0 Å². The molecule has 1 atom stereocenters. The summed E-state index contributed by atoms with van der Waals surface area (Å²) >= 11 is 5.82. The largest absolute Gasteiger partial charge is 0.391 e. The van der Waals surface area contributed by atoms with Gasteiger partial charge in [0.05, 0.1) is 23.2 Å². The van der Waals surface area contributed by atoms with Crippen LogP contribution in [0.4, 0.5) is 5.69 Å². The summed E-state index contributed by atoms with van der Waals surface area (Å²) < 4.78 is 4.75. The van der Waals surface area contributed by atoms with Crippen LogP contribution < -0.4 is 5.32 Å². The standard InChI is InChI=1S/C12H15ClN2O5/c1-20-7-8(16)5-6-14-12(17)9-3-2-4-10(11(9)13)15(18)19/h2-4,8,16H,5-7H2,1H3,(H,14,17). The topological polar surface area (TPSA) is 102 Å². The summed E-state index contributed by atoms with van der Waals surface area (Å²) in [6.45, 7) is 0.385. The Morgan fingerprint density at radius 1 is 1.60 bits per heavy atom. The van der Waals surface area contributed by atoms with Crippen molar-refractivity contribution < 1.29 is 19.6 Å². The van der Waals surface area contributed by atoms with Gasteiger partial charge in [-0.05, 0) is 12.5 Å². The monoisotopic (exact) mass is 302 g/mol. The highest BCUT2D eigenvalue weighted by Gasteiger charge is 2.19. The molecule has 1 aromatic carbocycles. The fourth-order valence-corrected chi connectivity index (χ4v) is 1.84. The van der Waals surface area contributed by atoms with E-state index in [0.717, 1.165) is 0 Å². The number of nitro groups is 1. The van der Waals surface area contributed by atoms with Crippen molar-refractivity contribution in [1.82, 2.24) is 5.32 Å². The number of halogens is 1. The summed E-state index contributed by atoms with van der Waals surface area (Å²) in [6.07, 6.45) is -0.368. The van der Waals surface area contributed by atoms with Crippen LogP contribution in [-0.2, 0) is 4.74 Å². The zero-order valence-electron chi connectivity index (χ0n) is 10.8. The van der Waals surface area contributed by atoms with Gasteiger partial charge in [0.1, 0.15) is 5.02 Å². The maximum atomic E-state index is 11.8. The van der Waals surface area contributed by atoms with Crippen molar-refractivity contribution >= 4 is 23.2 Å². The third-order valence-electron chi connectivity index (χ3n) is 2.54. The SMILES string of the molecule is COCC(O)CCNC(=O)c1cccc([N+](=O)[O-])c1Cl. The van der Waals surface area contributed by atoms with E-state index < -0.39 is 16.9 Å². The molecule has 0 radical (unpaired) electrons. The van der Waals surface area contributed by atoms with Gasteiger partial charge in [0.15, 0.2) is 0 Å². The van der Waals surface area contributed by atoms with Crippen LogP contribution in [0, 0.1) is 10.1 Å². The lowest BCUT2D eigenvalue weighted by Gasteiger charge is -2.10. The lowest BCUT2D eigenvalue weighted by atomic mass is 10.2. The molecule has 1 unspecified atom stereocenters. The number of rotatable bonds is 7. The van der Waals surface area contributed by atoms with Crippen LogP contribution >= 0.6 is 11.6 Å².